The van der Waals surface area contributed by atoms with Crippen LogP contribution >= 0.6 is 15.9 Å². The van der Waals surface area contributed by atoms with Crippen molar-refractivity contribution in [2.45, 2.75) is 33.2 Å². The summed E-state index contributed by atoms with van der Waals surface area (Å²) < 4.78 is 1.20. The molecule has 0 aromatic heterocycles. The molecule has 1 atom stereocenters. The minimum absolute atomic E-state index is 0.436. The van der Waals surface area contributed by atoms with Crippen LogP contribution in [-0.2, 0) is 0 Å². The lowest BCUT2D eigenvalue weighted by Gasteiger charge is -2.24. The molecule has 0 saturated heterocycles. The molecule has 1 aromatic rings. The van der Waals surface area contributed by atoms with Crippen molar-refractivity contribution in [2.75, 3.05) is 26.2 Å². The first kappa shape index (κ1) is 15.7. The topological polar surface area (TPSA) is 15.3 Å². The second-order valence-electron chi connectivity index (χ2n) is 4.45. The van der Waals surface area contributed by atoms with Crippen LogP contribution in [0.25, 0.3) is 0 Å². The predicted molar refractivity (Wildman–Crippen MR) is 83.0 cm³/mol. The van der Waals surface area contributed by atoms with Gasteiger partial charge in [0.2, 0.25) is 0 Å². The lowest BCUT2D eigenvalue weighted by molar-refractivity contribution is 0.282. The third-order valence-corrected chi connectivity index (χ3v) is 4.08. The van der Waals surface area contributed by atoms with Crippen LogP contribution in [0.3, 0.4) is 0 Å². The van der Waals surface area contributed by atoms with Gasteiger partial charge in [0.1, 0.15) is 0 Å². The van der Waals surface area contributed by atoms with E-state index in [1.165, 1.54) is 10.0 Å². The summed E-state index contributed by atoms with van der Waals surface area (Å²) in [5, 5.41) is 3.59. The molecule has 102 valence electrons. The van der Waals surface area contributed by atoms with Crippen LogP contribution in [-0.4, -0.2) is 31.1 Å². The smallest absolute Gasteiger partial charge is 0.0343 e. The number of halogens is 1. The lowest BCUT2D eigenvalue weighted by atomic mass is 10.0. The summed E-state index contributed by atoms with van der Waals surface area (Å²) >= 11 is 3.65. The Hall–Kier alpha value is -0.380. The maximum Gasteiger partial charge on any atom is 0.0343 e. The van der Waals surface area contributed by atoms with E-state index >= 15 is 0 Å². The summed E-state index contributed by atoms with van der Waals surface area (Å²) in [4.78, 5) is 2.47. The fourth-order valence-electron chi connectivity index (χ4n) is 2.22. The maximum absolute atomic E-state index is 3.65. The molecule has 1 N–H and O–H groups in total. The van der Waals surface area contributed by atoms with Crippen molar-refractivity contribution in [3.05, 3.63) is 34.3 Å². The molecule has 2 nitrogen and oxygen atoms in total. The SMILES string of the molecule is CCNC(CCN(CC)CC)c1ccccc1Br. The highest BCUT2D eigenvalue weighted by Crippen LogP contribution is 2.25. The Morgan fingerprint density at radius 3 is 2.39 bits per heavy atom. The fraction of sp³-hybridized carbons (Fsp3) is 0.600. The minimum Gasteiger partial charge on any atom is -0.310 e. The molecule has 0 aliphatic carbocycles. The van der Waals surface area contributed by atoms with Gasteiger partial charge in [-0.3, -0.25) is 0 Å². The summed E-state index contributed by atoms with van der Waals surface area (Å²) in [6.07, 6.45) is 1.15. The Balaban J connectivity index is 2.68. The highest BCUT2D eigenvalue weighted by atomic mass is 79.9. The highest BCUT2D eigenvalue weighted by molar-refractivity contribution is 9.10. The van der Waals surface area contributed by atoms with Crippen molar-refractivity contribution in [3.63, 3.8) is 0 Å². The standard InChI is InChI=1S/C15H25BrN2/c1-4-17-15(11-12-18(5-2)6-3)13-9-7-8-10-14(13)16/h7-10,15,17H,4-6,11-12H2,1-3H3. The minimum atomic E-state index is 0.436. The molecule has 18 heavy (non-hydrogen) atoms. The molecule has 0 aliphatic rings. The van der Waals surface area contributed by atoms with Crippen LogP contribution in [0.1, 0.15) is 38.8 Å². The molecule has 0 bridgehead atoms. The van der Waals surface area contributed by atoms with E-state index in [1.54, 1.807) is 0 Å². The number of rotatable bonds is 8. The van der Waals surface area contributed by atoms with Gasteiger partial charge in [-0.2, -0.15) is 0 Å². The first-order valence-corrected chi connectivity index (χ1v) is 7.72. The zero-order valence-electron chi connectivity index (χ0n) is 11.7. The van der Waals surface area contributed by atoms with Gasteiger partial charge in [0, 0.05) is 10.5 Å². The average Bonchev–Trinajstić information content (AvgIpc) is 2.39. The zero-order chi connectivity index (χ0) is 13.4. The number of hydrogen-bond donors (Lipinski definition) is 1. The van der Waals surface area contributed by atoms with Crippen LogP contribution in [0, 0.1) is 0 Å². The van der Waals surface area contributed by atoms with Crippen molar-refractivity contribution in [3.8, 4) is 0 Å². The molecule has 1 aromatic carbocycles. The van der Waals surface area contributed by atoms with Gasteiger partial charge in [0.25, 0.3) is 0 Å². The number of benzene rings is 1. The van der Waals surface area contributed by atoms with E-state index in [0.29, 0.717) is 6.04 Å². The highest BCUT2D eigenvalue weighted by Gasteiger charge is 2.13. The van der Waals surface area contributed by atoms with E-state index in [4.69, 9.17) is 0 Å². The summed E-state index contributed by atoms with van der Waals surface area (Å²) in [5.41, 5.74) is 1.37. The molecule has 0 aliphatic heterocycles. The van der Waals surface area contributed by atoms with Crippen molar-refractivity contribution in [1.29, 1.82) is 0 Å². The van der Waals surface area contributed by atoms with Gasteiger partial charge in [-0.15, -0.1) is 0 Å². The second kappa shape index (κ2) is 8.68. The lowest BCUT2D eigenvalue weighted by Crippen LogP contribution is -2.29. The fourth-order valence-corrected chi connectivity index (χ4v) is 2.78. The predicted octanol–water partition coefficient (Wildman–Crippen LogP) is 3.83. The van der Waals surface area contributed by atoms with Crippen LogP contribution in [0.15, 0.2) is 28.7 Å². The van der Waals surface area contributed by atoms with E-state index in [-0.39, 0.29) is 0 Å². The molecule has 0 spiro atoms. The number of nitrogens with zero attached hydrogens (tertiary/aromatic N) is 1. The summed E-state index contributed by atoms with van der Waals surface area (Å²) in [6.45, 7) is 11.0. The zero-order valence-corrected chi connectivity index (χ0v) is 13.3. The monoisotopic (exact) mass is 312 g/mol. The largest absolute Gasteiger partial charge is 0.310 e. The first-order valence-electron chi connectivity index (χ1n) is 6.93. The molecule has 1 unspecified atom stereocenters. The summed E-state index contributed by atoms with van der Waals surface area (Å²) in [7, 11) is 0. The Morgan fingerprint density at radius 1 is 1.17 bits per heavy atom. The Morgan fingerprint density at radius 2 is 1.83 bits per heavy atom. The molecular weight excluding hydrogens is 288 g/mol. The van der Waals surface area contributed by atoms with E-state index < -0.39 is 0 Å². The number of hydrogen-bond acceptors (Lipinski definition) is 2. The van der Waals surface area contributed by atoms with Crippen molar-refractivity contribution in [1.82, 2.24) is 10.2 Å². The Bertz CT molecular complexity index is 337. The van der Waals surface area contributed by atoms with Gasteiger partial charge in [0.15, 0.2) is 0 Å². The molecule has 0 fully saturated rings. The molecule has 0 saturated carbocycles. The van der Waals surface area contributed by atoms with Crippen molar-refractivity contribution in [2.24, 2.45) is 0 Å². The molecule has 3 heteroatoms. The third-order valence-electron chi connectivity index (χ3n) is 3.36. The van der Waals surface area contributed by atoms with Gasteiger partial charge < -0.3 is 10.2 Å². The van der Waals surface area contributed by atoms with Crippen molar-refractivity contribution < 1.29 is 0 Å². The summed E-state index contributed by atoms with van der Waals surface area (Å²) in [5.74, 6) is 0. The molecule has 0 radical (unpaired) electrons. The first-order chi connectivity index (χ1) is 8.72. The Kier molecular flexibility index (Phi) is 7.56. The van der Waals surface area contributed by atoms with Gasteiger partial charge in [0.05, 0.1) is 0 Å². The van der Waals surface area contributed by atoms with Gasteiger partial charge >= 0.3 is 0 Å². The van der Waals surface area contributed by atoms with Crippen LogP contribution in [0.2, 0.25) is 0 Å². The second-order valence-corrected chi connectivity index (χ2v) is 5.30. The van der Waals surface area contributed by atoms with Crippen LogP contribution in [0.5, 0.6) is 0 Å². The quantitative estimate of drug-likeness (QED) is 0.784. The third kappa shape index (κ3) is 4.71. The molecule has 0 heterocycles. The van der Waals surface area contributed by atoms with Crippen LogP contribution < -0.4 is 5.32 Å². The Labute approximate surface area is 120 Å². The van der Waals surface area contributed by atoms with Crippen molar-refractivity contribution >= 4 is 15.9 Å². The average molecular weight is 313 g/mol. The van der Waals surface area contributed by atoms with E-state index in [1.807, 2.05) is 0 Å². The normalized spacial score (nSPS) is 12.9. The van der Waals surface area contributed by atoms with Gasteiger partial charge in [-0.05, 0) is 44.2 Å². The van der Waals surface area contributed by atoms with E-state index in [2.05, 4.69) is 71.2 Å². The van der Waals surface area contributed by atoms with Crippen LogP contribution in [0.4, 0.5) is 0 Å². The van der Waals surface area contributed by atoms with E-state index in [0.717, 1.165) is 32.6 Å². The molecule has 1 rings (SSSR count). The molecular formula is C15H25BrN2. The number of nitrogens with one attached hydrogen (secondary N) is 1. The molecule has 0 amide bonds. The van der Waals surface area contributed by atoms with Gasteiger partial charge in [-0.1, -0.05) is 54.9 Å². The summed E-state index contributed by atoms with van der Waals surface area (Å²) in [6, 6.07) is 8.95. The van der Waals surface area contributed by atoms with E-state index in [9.17, 15) is 0 Å². The van der Waals surface area contributed by atoms with Gasteiger partial charge in [-0.25, -0.2) is 0 Å². The maximum atomic E-state index is 3.65.